The fourth-order valence-corrected chi connectivity index (χ4v) is 2.55. The highest BCUT2D eigenvalue weighted by molar-refractivity contribution is 5.85. The van der Waals surface area contributed by atoms with Gasteiger partial charge in [0.25, 0.3) is 5.56 Å². The number of aromatic amines is 1. The molecule has 0 saturated carbocycles. The summed E-state index contributed by atoms with van der Waals surface area (Å²) in [5, 5.41) is 0. The summed E-state index contributed by atoms with van der Waals surface area (Å²) in [5.41, 5.74) is 7.47. The number of aryl methyl sites for hydroxylation is 1. The average molecular weight is 430 g/mol. The molecular formula is C19H29Cl2N5O2. The Morgan fingerprint density at radius 1 is 1.25 bits per heavy atom. The van der Waals surface area contributed by atoms with Crippen LogP contribution in [-0.2, 0) is 11.2 Å². The van der Waals surface area contributed by atoms with Crippen LogP contribution in [0.3, 0.4) is 0 Å². The predicted octanol–water partition coefficient (Wildman–Crippen LogP) is 2.36. The highest BCUT2D eigenvalue weighted by Crippen LogP contribution is 2.13. The molecule has 7 nitrogen and oxygen atoms in total. The van der Waals surface area contributed by atoms with E-state index in [-0.39, 0.29) is 48.7 Å². The van der Waals surface area contributed by atoms with Gasteiger partial charge in [0, 0.05) is 48.8 Å². The minimum atomic E-state index is -0.287. The van der Waals surface area contributed by atoms with Crippen molar-refractivity contribution >= 4 is 30.7 Å². The molecule has 0 aliphatic heterocycles. The first-order valence-corrected chi connectivity index (χ1v) is 8.79. The van der Waals surface area contributed by atoms with Crippen LogP contribution in [0.4, 0.5) is 0 Å². The summed E-state index contributed by atoms with van der Waals surface area (Å²) in [4.78, 5) is 37.7. The molecule has 1 atom stereocenters. The number of hydrogen-bond donors (Lipinski definition) is 2. The normalized spacial score (nSPS) is 11.4. The molecule has 0 radical (unpaired) electrons. The van der Waals surface area contributed by atoms with Crippen molar-refractivity contribution < 1.29 is 4.79 Å². The lowest BCUT2D eigenvalue weighted by Gasteiger charge is -2.21. The SMILES string of the molecule is Cc1nc(-c2ccncc2)[nH]c(=O)c1CC(=O)N(C)CCC(N)C(C)C.Cl.Cl. The van der Waals surface area contributed by atoms with E-state index in [0.29, 0.717) is 29.5 Å². The first-order chi connectivity index (χ1) is 12.3. The number of carbonyl (C=O) groups is 1. The number of hydrogen-bond acceptors (Lipinski definition) is 5. The Balaban J connectivity index is 0.00000364. The maximum absolute atomic E-state index is 12.5. The quantitative estimate of drug-likeness (QED) is 0.702. The molecule has 2 heterocycles. The van der Waals surface area contributed by atoms with Crippen LogP contribution in [0.1, 0.15) is 31.5 Å². The molecule has 2 aromatic rings. The number of nitrogens with two attached hydrogens (primary N) is 1. The number of likely N-dealkylation sites (N-methyl/N-ethyl adjacent to an activating group) is 1. The van der Waals surface area contributed by atoms with Crippen molar-refractivity contribution in [3.63, 3.8) is 0 Å². The van der Waals surface area contributed by atoms with Crippen LogP contribution in [0.2, 0.25) is 0 Å². The largest absolute Gasteiger partial charge is 0.345 e. The third kappa shape index (κ3) is 6.89. The second kappa shape index (κ2) is 11.8. The molecule has 0 aromatic carbocycles. The smallest absolute Gasteiger partial charge is 0.255 e. The average Bonchev–Trinajstić information content (AvgIpc) is 2.62. The van der Waals surface area contributed by atoms with Gasteiger partial charge in [0.1, 0.15) is 5.82 Å². The van der Waals surface area contributed by atoms with Crippen molar-refractivity contribution in [2.45, 2.75) is 39.7 Å². The second-order valence-electron chi connectivity index (χ2n) is 6.90. The van der Waals surface area contributed by atoms with E-state index in [4.69, 9.17) is 5.73 Å². The molecule has 28 heavy (non-hydrogen) atoms. The molecule has 3 N–H and O–H groups in total. The lowest BCUT2D eigenvalue weighted by Crippen LogP contribution is -2.36. The number of halogens is 2. The van der Waals surface area contributed by atoms with Crippen molar-refractivity contribution in [2.24, 2.45) is 11.7 Å². The van der Waals surface area contributed by atoms with Crippen LogP contribution >= 0.6 is 24.8 Å². The molecular weight excluding hydrogens is 401 g/mol. The van der Waals surface area contributed by atoms with Gasteiger partial charge in [0.15, 0.2) is 0 Å². The first-order valence-electron chi connectivity index (χ1n) is 8.79. The zero-order chi connectivity index (χ0) is 19.3. The second-order valence-corrected chi connectivity index (χ2v) is 6.90. The highest BCUT2D eigenvalue weighted by atomic mass is 35.5. The molecule has 1 unspecified atom stereocenters. The van der Waals surface area contributed by atoms with Crippen LogP contribution in [0, 0.1) is 12.8 Å². The van der Waals surface area contributed by atoms with Gasteiger partial charge in [-0.2, -0.15) is 0 Å². The Kier molecular flexibility index (Phi) is 11.0. The number of amides is 1. The minimum Gasteiger partial charge on any atom is -0.345 e. The number of pyridine rings is 1. The summed E-state index contributed by atoms with van der Waals surface area (Å²) >= 11 is 0. The zero-order valence-corrected chi connectivity index (χ0v) is 18.3. The molecule has 0 spiro atoms. The lowest BCUT2D eigenvalue weighted by atomic mass is 10.0. The van der Waals surface area contributed by atoms with E-state index in [1.807, 2.05) is 0 Å². The van der Waals surface area contributed by atoms with Gasteiger partial charge in [-0.25, -0.2) is 4.98 Å². The van der Waals surface area contributed by atoms with E-state index in [0.717, 1.165) is 12.0 Å². The third-order valence-corrected chi connectivity index (χ3v) is 4.58. The third-order valence-electron chi connectivity index (χ3n) is 4.58. The van der Waals surface area contributed by atoms with Gasteiger partial charge in [-0.15, -0.1) is 24.8 Å². The Labute approximate surface area is 178 Å². The molecule has 1 amide bonds. The van der Waals surface area contributed by atoms with Crippen molar-refractivity contribution in [3.8, 4) is 11.4 Å². The molecule has 2 aromatic heterocycles. The van der Waals surface area contributed by atoms with Crippen molar-refractivity contribution in [2.75, 3.05) is 13.6 Å². The van der Waals surface area contributed by atoms with Crippen molar-refractivity contribution in [3.05, 3.63) is 46.1 Å². The topological polar surface area (TPSA) is 105 Å². The molecule has 0 saturated heterocycles. The fraction of sp³-hybridized carbons (Fsp3) is 0.474. The monoisotopic (exact) mass is 429 g/mol. The van der Waals surface area contributed by atoms with E-state index in [2.05, 4.69) is 28.8 Å². The van der Waals surface area contributed by atoms with E-state index in [1.54, 1.807) is 43.4 Å². The van der Waals surface area contributed by atoms with E-state index in [9.17, 15) is 9.59 Å². The van der Waals surface area contributed by atoms with E-state index < -0.39 is 0 Å². The van der Waals surface area contributed by atoms with E-state index in [1.165, 1.54) is 0 Å². The summed E-state index contributed by atoms with van der Waals surface area (Å²) in [6, 6.07) is 3.60. The van der Waals surface area contributed by atoms with Crippen molar-refractivity contribution in [1.82, 2.24) is 19.9 Å². The fourth-order valence-electron chi connectivity index (χ4n) is 2.55. The van der Waals surface area contributed by atoms with Crippen LogP contribution in [-0.4, -0.2) is 45.4 Å². The summed E-state index contributed by atoms with van der Waals surface area (Å²) in [7, 11) is 1.73. The molecule has 9 heteroatoms. The summed E-state index contributed by atoms with van der Waals surface area (Å²) in [5.74, 6) is 0.726. The zero-order valence-electron chi connectivity index (χ0n) is 16.6. The molecule has 0 fully saturated rings. The van der Waals surface area contributed by atoms with Crippen LogP contribution in [0.15, 0.2) is 29.3 Å². The summed E-state index contributed by atoms with van der Waals surface area (Å²) < 4.78 is 0. The molecule has 0 aliphatic carbocycles. The van der Waals surface area contributed by atoms with Crippen LogP contribution in [0.25, 0.3) is 11.4 Å². The first kappa shape index (κ1) is 26.0. The number of rotatable bonds is 7. The van der Waals surface area contributed by atoms with E-state index >= 15 is 0 Å². The highest BCUT2D eigenvalue weighted by Gasteiger charge is 2.17. The van der Waals surface area contributed by atoms with Gasteiger partial charge in [-0.3, -0.25) is 14.6 Å². The summed E-state index contributed by atoms with van der Waals surface area (Å²) in [6.45, 7) is 6.44. The summed E-state index contributed by atoms with van der Waals surface area (Å²) in [6.07, 6.45) is 4.03. The maximum atomic E-state index is 12.5. The number of nitrogens with one attached hydrogen (secondary N) is 1. The minimum absolute atomic E-state index is 0. The van der Waals surface area contributed by atoms with Gasteiger partial charge in [0.05, 0.1) is 6.42 Å². The Morgan fingerprint density at radius 3 is 2.39 bits per heavy atom. The van der Waals surface area contributed by atoms with Gasteiger partial charge in [-0.05, 0) is 31.4 Å². The molecule has 0 bridgehead atoms. The van der Waals surface area contributed by atoms with Crippen molar-refractivity contribution in [1.29, 1.82) is 0 Å². The van der Waals surface area contributed by atoms with Gasteiger partial charge >= 0.3 is 0 Å². The van der Waals surface area contributed by atoms with Crippen LogP contribution in [0.5, 0.6) is 0 Å². The number of H-pyrrole nitrogens is 1. The predicted molar refractivity (Wildman–Crippen MR) is 116 cm³/mol. The molecule has 0 aliphatic rings. The maximum Gasteiger partial charge on any atom is 0.255 e. The Bertz CT molecular complexity index is 812. The Hall–Kier alpha value is -1.96. The molecule has 156 valence electrons. The number of carbonyl (C=O) groups excluding carboxylic acids is 1. The van der Waals surface area contributed by atoms with Crippen LogP contribution < -0.4 is 11.3 Å². The lowest BCUT2D eigenvalue weighted by molar-refractivity contribution is -0.129. The van der Waals surface area contributed by atoms with Gasteiger partial charge in [0.2, 0.25) is 5.91 Å². The van der Waals surface area contributed by atoms with Gasteiger partial charge in [-0.1, -0.05) is 13.8 Å². The standard InChI is InChI=1S/C19H27N5O2.2ClH/c1-12(2)16(20)7-10-24(4)17(25)11-15-13(3)22-18(23-19(15)26)14-5-8-21-9-6-14;;/h5-6,8-9,12,16H,7,10-11,20H2,1-4H3,(H,22,23,26);2*1H. The van der Waals surface area contributed by atoms with Gasteiger partial charge < -0.3 is 15.6 Å². The molecule has 2 rings (SSSR count). The number of aromatic nitrogens is 3. The number of nitrogens with zero attached hydrogens (tertiary/aromatic N) is 3. The Morgan fingerprint density at radius 2 is 1.86 bits per heavy atom.